The van der Waals surface area contributed by atoms with E-state index in [2.05, 4.69) is 61.0 Å². The molecule has 0 radical (unpaired) electrons. The molecule has 28 heavy (non-hydrogen) atoms. The summed E-state index contributed by atoms with van der Waals surface area (Å²) in [5.74, 6) is 0.851. The number of hydrogen-bond donors (Lipinski definition) is 0. The summed E-state index contributed by atoms with van der Waals surface area (Å²) in [4.78, 5) is 9.47. The molecule has 0 amide bonds. The number of halogens is 1. The first kappa shape index (κ1) is 17.9. The summed E-state index contributed by atoms with van der Waals surface area (Å²) < 4.78 is 6.77. The van der Waals surface area contributed by atoms with Crippen LogP contribution in [0.5, 0.6) is 5.75 Å². The summed E-state index contributed by atoms with van der Waals surface area (Å²) in [7, 11) is 2.08. The topological polar surface area (TPSA) is 28.1 Å². The highest BCUT2D eigenvalue weighted by atomic mass is 35.5. The number of nitrogens with zero attached hydrogens (tertiary/aromatic N) is 3. The minimum Gasteiger partial charge on any atom is -0.459 e. The first-order valence-corrected chi connectivity index (χ1v) is 10.5. The maximum atomic E-state index is 6.77. The highest BCUT2D eigenvalue weighted by Gasteiger charge is 2.58. The fourth-order valence-electron chi connectivity index (χ4n) is 4.93. The monoisotopic (exact) mass is 395 g/mol. The first-order valence-electron chi connectivity index (χ1n) is 10.1. The third-order valence-electron chi connectivity index (χ3n) is 6.70. The SMILES string of the molecule is CN1c2ccc(Cl)cc2C(C)(C)C12C=Nc1ccc(N3CCCCC3)cc1O2. The van der Waals surface area contributed by atoms with Gasteiger partial charge in [0.05, 0.1) is 11.6 Å². The van der Waals surface area contributed by atoms with Gasteiger partial charge in [0.1, 0.15) is 5.69 Å². The Balaban J connectivity index is 1.56. The predicted octanol–water partition coefficient (Wildman–Crippen LogP) is 5.55. The van der Waals surface area contributed by atoms with Crippen LogP contribution in [0.25, 0.3) is 0 Å². The second-order valence-electron chi connectivity index (χ2n) is 8.60. The van der Waals surface area contributed by atoms with Crippen LogP contribution in [0.3, 0.4) is 0 Å². The van der Waals surface area contributed by atoms with Crippen LogP contribution in [0.1, 0.15) is 38.7 Å². The molecule has 0 saturated carbocycles. The first-order chi connectivity index (χ1) is 13.4. The lowest BCUT2D eigenvalue weighted by Gasteiger charge is -2.45. The maximum Gasteiger partial charge on any atom is 0.228 e. The van der Waals surface area contributed by atoms with Gasteiger partial charge in [-0.2, -0.15) is 0 Å². The van der Waals surface area contributed by atoms with Gasteiger partial charge in [0.15, 0.2) is 5.75 Å². The number of fused-ring (bicyclic) bond motifs is 2. The molecule has 1 saturated heterocycles. The molecular weight excluding hydrogens is 370 g/mol. The van der Waals surface area contributed by atoms with Crippen molar-refractivity contribution in [2.24, 2.45) is 4.99 Å². The van der Waals surface area contributed by atoms with Gasteiger partial charge in [0.25, 0.3) is 0 Å². The minimum atomic E-state index is -0.673. The lowest BCUT2D eigenvalue weighted by Crippen LogP contribution is -2.61. The van der Waals surface area contributed by atoms with E-state index in [1.54, 1.807) is 0 Å². The number of piperidine rings is 1. The summed E-state index contributed by atoms with van der Waals surface area (Å²) in [5, 5.41) is 0.748. The third-order valence-corrected chi connectivity index (χ3v) is 6.93. The standard InChI is InChI=1S/C23H26ClN3O/c1-22(2)18-13-16(24)7-10-20(18)26(3)23(22)15-25-19-9-8-17(14-21(19)28-23)27-11-5-4-6-12-27/h7-10,13-15H,4-6,11-12H2,1-3H3. The molecule has 1 spiro atoms. The van der Waals surface area contributed by atoms with Gasteiger partial charge in [-0.1, -0.05) is 11.6 Å². The van der Waals surface area contributed by atoms with Gasteiger partial charge < -0.3 is 14.5 Å². The molecular formula is C23H26ClN3O. The maximum absolute atomic E-state index is 6.77. The van der Waals surface area contributed by atoms with Crippen molar-refractivity contribution in [2.75, 3.05) is 29.9 Å². The molecule has 5 rings (SSSR count). The quantitative estimate of drug-likeness (QED) is 0.633. The van der Waals surface area contributed by atoms with Gasteiger partial charge in [-0.3, -0.25) is 4.99 Å². The Hall–Kier alpha value is -2.20. The smallest absolute Gasteiger partial charge is 0.228 e. The molecule has 0 N–H and O–H groups in total. The molecule has 2 aromatic carbocycles. The zero-order valence-corrected chi connectivity index (χ0v) is 17.5. The number of likely N-dealkylation sites (N-methyl/N-ethyl adjacent to an activating group) is 1. The molecule has 0 aromatic heterocycles. The van der Waals surface area contributed by atoms with Crippen LogP contribution in [0.4, 0.5) is 17.1 Å². The Morgan fingerprint density at radius 3 is 2.61 bits per heavy atom. The molecule has 5 heteroatoms. The Kier molecular flexibility index (Phi) is 3.92. The van der Waals surface area contributed by atoms with Crippen LogP contribution in [-0.2, 0) is 5.41 Å². The fourth-order valence-corrected chi connectivity index (χ4v) is 5.10. The number of anilines is 2. The molecule has 3 aliphatic heterocycles. The third kappa shape index (κ3) is 2.40. The van der Waals surface area contributed by atoms with Gasteiger partial charge in [-0.15, -0.1) is 0 Å². The Labute approximate surface area is 171 Å². The van der Waals surface area contributed by atoms with Crippen molar-refractivity contribution in [2.45, 2.75) is 44.2 Å². The number of rotatable bonds is 1. The number of ether oxygens (including phenoxy) is 1. The molecule has 0 bridgehead atoms. The average Bonchev–Trinajstić information content (AvgIpc) is 2.86. The van der Waals surface area contributed by atoms with Crippen LogP contribution in [-0.4, -0.2) is 32.1 Å². The summed E-state index contributed by atoms with van der Waals surface area (Å²) in [6, 6.07) is 12.5. The van der Waals surface area contributed by atoms with Gasteiger partial charge >= 0.3 is 0 Å². The van der Waals surface area contributed by atoms with Crippen molar-refractivity contribution in [1.29, 1.82) is 0 Å². The van der Waals surface area contributed by atoms with E-state index < -0.39 is 5.72 Å². The summed E-state index contributed by atoms with van der Waals surface area (Å²) in [5.41, 5.74) is 3.47. The second-order valence-corrected chi connectivity index (χ2v) is 9.04. The molecule has 4 nitrogen and oxygen atoms in total. The van der Waals surface area contributed by atoms with Crippen molar-refractivity contribution in [1.82, 2.24) is 0 Å². The summed E-state index contributed by atoms with van der Waals surface area (Å²) >= 11 is 6.32. The molecule has 3 aliphatic rings. The normalized spacial score (nSPS) is 24.9. The van der Waals surface area contributed by atoms with Crippen LogP contribution in [0.15, 0.2) is 41.4 Å². The van der Waals surface area contributed by atoms with E-state index in [-0.39, 0.29) is 5.41 Å². The van der Waals surface area contributed by atoms with Gasteiger partial charge in [-0.05, 0) is 69.0 Å². The fraction of sp³-hybridized carbons (Fsp3) is 0.435. The Bertz CT molecular complexity index is 964. The molecule has 1 unspecified atom stereocenters. The average molecular weight is 396 g/mol. The van der Waals surface area contributed by atoms with Crippen molar-refractivity contribution in [3.8, 4) is 5.75 Å². The van der Waals surface area contributed by atoms with E-state index in [9.17, 15) is 0 Å². The van der Waals surface area contributed by atoms with E-state index in [0.717, 1.165) is 35.2 Å². The van der Waals surface area contributed by atoms with Crippen LogP contribution < -0.4 is 14.5 Å². The van der Waals surface area contributed by atoms with Gasteiger partial charge in [0, 0.05) is 42.6 Å². The molecule has 1 fully saturated rings. The zero-order chi connectivity index (χ0) is 19.5. The lowest BCUT2D eigenvalue weighted by atomic mass is 9.77. The van der Waals surface area contributed by atoms with Crippen molar-refractivity contribution < 1.29 is 4.74 Å². The van der Waals surface area contributed by atoms with Crippen LogP contribution >= 0.6 is 11.6 Å². The molecule has 146 valence electrons. The van der Waals surface area contributed by atoms with Gasteiger partial charge in [-0.25, -0.2) is 0 Å². The van der Waals surface area contributed by atoms with Crippen molar-refractivity contribution >= 4 is 34.9 Å². The van der Waals surface area contributed by atoms with Crippen molar-refractivity contribution in [3.05, 3.63) is 47.0 Å². The lowest BCUT2D eigenvalue weighted by molar-refractivity contribution is 0.0825. The molecule has 0 aliphatic carbocycles. The summed E-state index contributed by atoms with van der Waals surface area (Å²) in [6.45, 7) is 6.64. The highest BCUT2D eigenvalue weighted by molar-refractivity contribution is 6.30. The molecule has 2 aromatic rings. The predicted molar refractivity (Wildman–Crippen MR) is 117 cm³/mol. The highest BCUT2D eigenvalue weighted by Crippen LogP contribution is 2.54. The zero-order valence-electron chi connectivity index (χ0n) is 16.7. The summed E-state index contributed by atoms with van der Waals surface area (Å²) in [6.07, 6.45) is 5.80. The molecule has 3 heterocycles. The van der Waals surface area contributed by atoms with Gasteiger partial charge in [0.2, 0.25) is 5.72 Å². The van der Waals surface area contributed by atoms with E-state index in [1.807, 2.05) is 12.3 Å². The largest absolute Gasteiger partial charge is 0.459 e. The van der Waals surface area contributed by atoms with E-state index in [4.69, 9.17) is 21.3 Å². The van der Waals surface area contributed by atoms with E-state index in [1.165, 1.54) is 30.5 Å². The van der Waals surface area contributed by atoms with Crippen LogP contribution in [0, 0.1) is 0 Å². The Morgan fingerprint density at radius 1 is 1.04 bits per heavy atom. The second kappa shape index (κ2) is 6.15. The number of aliphatic imine (C=N–C) groups is 1. The number of benzene rings is 2. The molecule has 1 atom stereocenters. The Morgan fingerprint density at radius 2 is 1.82 bits per heavy atom. The van der Waals surface area contributed by atoms with E-state index in [0.29, 0.717) is 0 Å². The van der Waals surface area contributed by atoms with E-state index >= 15 is 0 Å². The minimum absolute atomic E-state index is 0.301. The van der Waals surface area contributed by atoms with Crippen molar-refractivity contribution in [3.63, 3.8) is 0 Å². The van der Waals surface area contributed by atoms with Crippen LogP contribution in [0.2, 0.25) is 5.02 Å². The number of hydrogen-bond acceptors (Lipinski definition) is 4.